The number of anilines is 3. The lowest BCUT2D eigenvalue weighted by molar-refractivity contribution is -0.142. The second-order valence-corrected chi connectivity index (χ2v) is 10.4. The zero-order valence-corrected chi connectivity index (χ0v) is 24.1. The minimum atomic E-state index is -0.849. The van der Waals surface area contributed by atoms with E-state index in [-0.39, 0.29) is 29.9 Å². The van der Waals surface area contributed by atoms with Gasteiger partial charge in [0.1, 0.15) is 6.04 Å². The first-order valence-corrected chi connectivity index (χ1v) is 14.5. The van der Waals surface area contributed by atoms with E-state index in [9.17, 15) is 19.2 Å². The first kappa shape index (κ1) is 30.3. The molecule has 3 aromatic carbocycles. The monoisotopic (exact) mass is 570 g/mol. The molecule has 4 rings (SSSR count). The maximum absolute atomic E-state index is 13.3. The second kappa shape index (κ2) is 14.8. The van der Waals surface area contributed by atoms with Gasteiger partial charge in [0.2, 0.25) is 5.91 Å². The summed E-state index contributed by atoms with van der Waals surface area (Å²) < 4.78 is 4.96. The van der Waals surface area contributed by atoms with Crippen molar-refractivity contribution >= 4 is 40.8 Å². The number of esters is 1. The van der Waals surface area contributed by atoms with Gasteiger partial charge in [0.15, 0.2) is 0 Å². The number of nitrogens with one attached hydrogen (secondary N) is 4. The van der Waals surface area contributed by atoms with Gasteiger partial charge in [-0.1, -0.05) is 49.6 Å². The lowest BCUT2D eigenvalue weighted by Gasteiger charge is -2.25. The molecule has 3 aromatic rings. The SMILES string of the molecule is CCOC(=O)Cc1ccc(NC(=O)C(C)NC(=O)c2ccc(NC3CCCCC3)c(C(=O)Nc3ccccc3)c2)cc1. The third-order valence-electron chi connectivity index (χ3n) is 7.14. The third kappa shape index (κ3) is 8.67. The highest BCUT2D eigenvalue weighted by Crippen LogP contribution is 2.26. The number of hydrogen-bond acceptors (Lipinski definition) is 6. The molecule has 1 atom stereocenters. The number of benzene rings is 3. The molecule has 4 N–H and O–H groups in total. The summed E-state index contributed by atoms with van der Waals surface area (Å²) in [6.45, 7) is 3.66. The maximum Gasteiger partial charge on any atom is 0.310 e. The van der Waals surface area contributed by atoms with Crippen molar-refractivity contribution in [1.29, 1.82) is 0 Å². The molecular formula is C33H38N4O5. The summed E-state index contributed by atoms with van der Waals surface area (Å²) in [5.74, 6) is -1.52. The molecule has 3 amide bonds. The predicted molar refractivity (Wildman–Crippen MR) is 164 cm³/mol. The molecule has 0 spiro atoms. The minimum Gasteiger partial charge on any atom is -0.466 e. The fourth-order valence-electron chi connectivity index (χ4n) is 4.87. The highest BCUT2D eigenvalue weighted by molar-refractivity contribution is 6.10. The van der Waals surface area contributed by atoms with E-state index in [1.54, 1.807) is 68.4 Å². The number of ether oxygens (including phenoxy) is 1. The molecule has 1 fully saturated rings. The summed E-state index contributed by atoms with van der Waals surface area (Å²) in [5.41, 5.74) is 3.25. The number of para-hydroxylation sites is 1. The van der Waals surface area contributed by atoms with Gasteiger partial charge in [-0.15, -0.1) is 0 Å². The van der Waals surface area contributed by atoms with Crippen molar-refractivity contribution in [2.75, 3.05) is 22.6 Å². The van der Waals surface area contributed by atoms with E-state index in [2.05, 4.69) is 21.3 Å². The van der Waals surface area contributed by atoms with Crippen molar-refractivity contribution in [1.82, 2.24) is 5.32 Å². The highest BCUT2D eigenvalue weighted by Gasteiger charge is 2.22. The van der Waals surface area contributed by atoms with Crippen LogP contribution in [0.5, 0.6) is 0 Å². The van der Waals surface area contributed by atoms with Gasteiger partial charge in [-0.2, -0.15) is 0 Å². The van der Waals surface area contributed by atoms with Gasteiger partial charge in [0, 0.05) is 28.7 Å². The lowest BCUT2D eigenvalue weighted by atomic mass is 9.94. The Hall–Kier alpha value is -4.66. The smallest absolute Gasteiger partial charge is 0.310 e. The Morgan fingerprint density at radius 3 is 2.21 bits per heavy atom. The van der Waals surface area contributed by atoms with Crippen molar-refractivity contribution < 1.29 is 23.9 Å². The molecule has 42 heavy (non-hydrogen) atoms. The summed E-state index contributed by atoms with van der Waals surface area (Å²) in [5, 5.41) is 11.9. The Bertz CT molecular complexity index is 1390. The first-order valence-electron chi connectivity index (χ1n) is 14.5. The van der Waals surface area contributed by atoms with Gasteiger partial charge in [-0.05, 0) is 74.7 Å². The Labute approximate surface area is 246 Å². The largest absolute Gasteiger partial charge is 0.466 e. The fraction of sp³-hybridized carbons (Fsp3) is 0.333. The minimum absolute atomic E-state index is 0.148. The summed E-state index contributed by atoms with van der Waals surface area (Å²) >= 11 is 0. The van der Waals surface area contributed by atoms with Crippen LogP contribution < -0.4 is 21.3 Å². The molecule has 0 saturated heterocycles. The zero-order valence-electron chi connectivity index (χ0n) is 24.1. The van der Waals surface area contributed by atoms with E-state index in [0.717, 1.165) is 31.2 Å². The van der Waals surface area contributed by atoms with Crippen LogP contribution in [0.2, 0.25) is 0 Å². The molecule has 1 unspecified atom stereocenters. The van der Waals surface area contributed by atoms with Crippen molar-refractivity contribution in [3.8, 4) is 0 Å². The summed E-state index contributed by atoms with van der Waals surface area (Å²) in [6.07, 6.45) is 5.70. The van der Waals surface area contributed by atoms with Crippen LogP contribution in [0.15, 0.2) is 72.8 Å². The van der Waals surface area contributed by atoms with Crippen molar-refractivity contribution in [2.24, 2.45) is 0 Å². The average Bonchev–Trinajstić information content (AvgIpc) is 2.99. The molecule has 0 heterocycles. The average molecular weight is 571 g/mol. The van der Waals surface area contributed by atoms with E-state index >= 15 is 0 Å². The van der Waals surface area contributed by atoms with Crippen LogP contribution in [0.3, 0.4) is 0 Å². The molecular weight excluding hydrogens is 532 g/mol. The van der Waals surface area contributed by atoms with Crippen LogP contribution in [0.4, 0.5) is 17.1 Å². The number of carbonyl (C=O) groups excluding carboxylic acids is 4. The third-order valence-corrected chi connectivity index (χ3v) is 7.14. The Morgan fingerprint density at radius 2 is 1.52 bits per heavy atom. The van der Waals surface area contributed by atoms with E-state index in [1.807, 2.05) is 18.2 Å². The van der Waals surface area contributed by atoms with E-state index < -0.39 is 17.9 Å². The fourth-order valence-corrected chi connectivity index (χ4v) is 4.87. The van der Waals surface area contributed by atoms with Crippen molar-refractivity contribution in [3.63, 3.8) is 0 Å². The number of rotatable bonds is 11. The van der Waals surface area contributed by atoms with Gasteiger partial charge < -0.3 is 26.0 Å². The molecule has 1 saturated carbocycles. The Balaban J connectivity index is 1.42. The molecule has 220 valence electrons. The van der Waals surface area contributed by atoms with Crippen LogP contribution in [0.25, 0.3) is 0 Å². The summed E-state index contributed by atoms with van der Waals surface area (Å²) in [6, 6.07) is 20.4. The zero-order chi connectivity index (χ0) is 29.9. The first-order chi connectivity index (χ1) is 20.3. The Kier molecular flexibility index (Phi) is 10.7. The van der Waals surface area contributed by atoms with Crippen LogP contribution >= 0.6 is 0 Å². The standard InChI is InChI=1S/C33H38N4O5/c1-3-42-30(38)20-23-14-17-27(18-15-23)36-31(39)22(2)34-32(40)24-16-19-29(35-25-10-6-4-7-11-25)28(21-24)33(41)37-26-12-8-5-9-13-26/h5,8-9,12-19,21-22,25,35H,3-4,6-7,10-11,20H2,1-2H3,(H,34,40)(H,36,39)(H,37,41). The van der Waals surface area contributed by atoms with Crippen LogP contribution in [-0.2, 0) is 20.7 Å². The van der Waals surface area contributed by atoms with Gasteiger partial charge in [0.25, 0.3) is 11.8 Å². The number of hydrogen-bond donors (Lipinski definition) is 4. The summed E-state index contributed by atoms with van der Waals surface area (Å²) in [7, 11) is 0. The van der Waals surface area contributed by atoms with Gasteiger partial charge in [-0.25, -0.2) is 0 Å². The van der Waals surface area contributed by atoms with E-state index in [0.29, 0.717) is 29.2 Å². The van der Waals surface area contributed by atoms with Gasteiger partial charge in [0.05, 0.1) is 18.6 Å². The van der Waals surface area contributed by atoms with Crippen molar-refractivity contribution in [3.05, 3.63) is 89.5 Å². The Morgan fingerprint density at radius 1 is 0.833 bits per heavy atom. The molecule has 1 aliphatic carbocycles. The molecule has 0 aromatic heterocycles. The maximum atomic E-state index is 13.3. The molecule has 9 heteroatoms. The number of carbonyl (C=O) groups is 4. The molecule has 9 nitrogen and oxygen atoms in total. The van der Waals surface area contributed by atoms with Crippen molar-refractivity contribution in [2.45, 2.75) is 64.5 Å². The van der Waals surface area contributed by atoms with Gasteiger partial charge in [-0.3, -0.25) is 19.2 Å². The topological polar surface area (TPSA) is 126 Å². The summed E-state index contributed by atoms with van der Waals surface area (Å²) in [4.78, 5) is 51.0. The second-order valence-electron chi connectivity index (χ2n) is 10.4. The molecule has 0 bridgehead atoms. The normalized spacial score (nSPS) is 13.9. The van der Waals surface area contributed by atoms with Crippen LogP contribution in [0, 0.1) is 0 Å². The lowest BCUT2D eigenvalue weighted by Crippen LogP contribution is -2.41. The molecule has 0 aliphatic heterocycles. The van der Waals surface area contributed by atoms with Gasteiger partial charge >= 0.3 is 5.97 Å². The predicted octanol–water partition coefficient (Wildman–Crippen LogP) is 5.55. The van der Waals surface area contributed by atoms with Crippen LogP contribution in [0.1, 0.15) is 72.2 Å². The highest BCUT2D eigenvalue weighted by atomic mass is 16.5. The van der Waals surface area contributed by atoms with E-state index in [1.165, 1.54) is 6.42 Å². The van der Waals surface area contributed by atoms with E-state index in [4.69, 9.17) is 4.74 Å². The number of amides is 3. The molecule has 0 radical (unpaired) electrons. The molecule has 1 aliphatic rings. The van der Waals surface area contributed by atoms with Crippen LogP contribution in [-0.4, -0.2) is 42.4 Å². The quantitative estimate of drug-likeness (QED) is 0.224.